The van der Waals surface area contributed by atoms with Crippen LogP contribution in [0.2, 0.25) is 0 Å². The van der Waals surface area contributed by atoms with Gasteiger partial charge in [0.2, 0.25) is 21.8 Å². The van der Waals surface area contributed by atoms with Gasteiger partial charge >= 0.3 is 0 Å². The summed E-state index contributed by atoms with van der Waals surface area (Å²) >= 11 is 0. The Morgan fingerprint density at radius 1 is 1.03 bits per heavy atom. The Hall–Kier alpha value is -2.95. The molecule has 0 aromatic heterocycles. The van der Waals surface area contributed by atoms with Crippen molar-refractivity contribution in [2.45, 2.75) is 58.1 Å². The molecule has 0 aliphatic carbocycles. The molecule has 0 spiro atoms. The van der Waals surface area contributed by atoms with Gasteiger partial charge in [0.15, 0.2) is 0 Å². The molecule has 3 unspecified atom stereocenters. The topological polar surface area (TPSA) is 139 Å². The predicted octanol–water partition coefficient (Wildman–Crippen LogP) is 2.58. The monoisotopic (exact) mass is 547 g/mol. The number of nitrogens with zero attached hydrogens (tertiary/aromatic N) is 1. The number of primary amides is 1. The molecule has 0 heterocycles. The van der Waals surface area contributed by atoms with E-state index in [1.54, 1.807) is 32.9 Å². The zero-order valence-electron chi connectivity index (χ0n) is 23.0. The molecule has 0 radical (unpaired) electrons. The van der Waals surface area contributed by atoms with E-state index in [9.17, 15) is 23.1 Å². The van der Waals surface area contributed by atoms with Gasteiger partial charge in [-0.25, -0.2) is 8.42 Å². The first kappa shape index (κ1) is 31.3. The number of methoxy groups -OCH3 is 1. The van der Waals surface area contributed by atoms with Crippen LogP contribution < -0.4 is 15.8 Å². The van der Waals surface area contributed by atoms with E-state index in [0.717, 1.165) is 5.56 Å². The third kappa shape index (κ3) is 8.02. The van der Waals surface area contributed by atoms with Crippen molar-refractivity contribution in [3.63, 3.8) is 0 Å². The number of carbonyl (C=O) groups excluding carboxylic acids is 2. The molecule has 0 aliphatic heterocycles. The molecule has 9 nitrogen and oxygen atoms in total. The smallest absolute Gasteiger partial charge is 0.243 e. The number of aliphatic hydroxyl groups excluding tert-OH is 1. The summed E-state index contributed by atoms with van der Waals surface area (Å²) in [4.78, 5) is 25.2. The normalized spacial score (nSPS) is 14.7. The molecule has 0 aliphatic rings. The minimum Gasteiger partial charge on any atom is -0.497 e. The first-order valence-electron chi connectivity index (χ1n) is 12.7. The summed E-state index contributed by atoms with van der Waals surface area (Å²) in [7, 11) is -2.46. The number of carbonyl (C=O) groups is 2. The Labute approximate surface area is 226 Å². The van der Waals surface area contributed by atoms with Gasteiger partial charge in [0.25, 0.3) is 0 Å². The van der Waals surface area contributed by atoms with E-state index in [1.807, 2.05) is 44.2 Å². The lowest BCUT2D eigenvalue weighted by molar-refractivity contribution is -0.138. The summed E-state index contributed by atoms with van der Waals surface area (Å²) in [6, 6.07) is 14.5. The quantitative estimate of drug-likeness (QED) is 0.332. The summed E-state index contributed by atoms with van der Waals surface area (Å²) in [6.07, 6.45) is -0.981. The maximum absolute atomic E-state index is 13.6. The number of benzene rings is 2. The summed E-state index contributed by atoms with van der Waals surface area (Å²) in [5, 5.41) is 14.2. The molecule has 2 rings (SSSR count). The van der Waals surface area contributed by atoms with Gasteiger partial charge in [0.05, 0.1) is 29.6 Å². The van der Waals surface area contributed by atoms with E-state index >= 15 is 0 Å². The molecular formula is C28H41N3O6S. The molecule has 10 heteroatoms. The van der Waals surface area contributed by atoms with Gasteiger partial charge in [0, 0.05) is 19.0 Å². The highest BCUT2D eigenvalue weighted by Crippen LogP contribution is 2.27. The molecule has 2 amide bonds. The second-order valence-corrected chi connectivity index (χ2v) is 12.5. The number of hydrogen-bond acceptors (Lipinski definition) is 6. The Balaban J connectivity index is 2.37. The van der Waals surface area contributed by atoms with Crippen LogP contribution in [0.25, 0.3) is 0 Å². The zero-order chi connectivity index (χ0) is 28.7. The van der Waals surface area contributed by atoms with E-state index in [4.69, 9.17) is 10.5 Å². The first-order valence-corrected chi connectivity index (χ1v) is 14.1. The van der Waals surface area contributed by atoms with Crippen LogP contribution in [0.5, 0.6) is 5.75 Å². The summed E-state index contributed by atoms with van der Waals surface area (Å²) in [5.41, 5.74) is 5.24. The fraction of sp³-hybridized carbons (Fsp3) is 0.500. The highest BCUT2D eigenvalue weighted by molar-refractivity contribution is 7.89. The van der Waals surface area contributed by atoms with Crippen LogP contribution in [0.3, 0.4) is 0 Å². The molecule has 2 aromatic rings. The van der Waals surface area contributed by atoms with E-state index in [1.165, 1.54) is 23.5 Å². The zero-order valence-corrected chi connectivity index (χ0v) is 23.9. The molecule has 0 saturated carbocycles. The van der Waals surface area contributed by atoms with Gasteiger partial charge in [-0.05, 0) is 42.2 Å². The number of ether oxygens (including phenoxy) is 1. The van der Waals surface area contributed by atoms with E-state index in [0.29, 0.717) is 5.75 Å². The maximum atomic E-state index is 13.6. The lowest BCUT2D eigenvalue weighted by atomic mass is 9.78. The lowest BCUT2D eigenvalue weighted by Crippen LogP contribution is -2.54. The van der Waals surface area contributed by atoms with Crippen molar-refractivity contribution in [2.24, 2.45) is 23.0 Å². The van der Waals surface area contributed by atoms with Crippen LogP contribution in [0.1, 0.15) is 40.2 Å². The lowest BCUT2D eigenvalue weighted by Gasteiger charge is -2.33. The molecule has 0 bridgehead atoms. The van der Waals surface area contributed by atoms with Gasteiger partial charge in [-0.3, -0.25) is 9.59 Å². The maximum Gasteiger partial charge on any atom is 0.243 e. The molecule has 3 atom stereocenters. The third-order valence-corrected chi connectivity index (χ3v) is 8.70. The number of nitrogens with two attached hydrogens (primary N) is 1. The second-order valence-electron chi connectivity index (χ2n) is 10.6. The van der Waals surface area contributed by atoms with Crippen LogP contribution in [-0.2, 0) is 26.0 Å². The third-order valence-electron chi connectivity index (χ3n) is 6.86. The number of hydrogen-bond donors (Lipinski definition) is 3. The largest absolute Gasteiger partial charge is 0.497 e. The number of rotatable bonds is 14. The van der Waals surface area contributed by atoms with Crippen molar-refractivity contribution in [1.29, 1.82) is 0 Å². The van der Waals surface area contributed by atoms with Crippen molar-refractivity contribution in [2.75, 3.05) is 20.2 Å². The average Bonchev–Trinajstić information content (AvgIpc) is 2.87. The number of sulfonamides is 1. The van der Waals surface area contributed by atoms with Gasteiger partial charge in [0.1, 0.15) is 5.75 Å². The van der Waals surface area contributed by atoms with Crippen LogP contribution in [0, 0.1) is 17.3 Å². The Bertz CT molecular complexity index is 1170. The van der Waals surface area contributed by atoms with Crippen molar-refractivity contribution in [3.8, 4) is 5.75 Å². The fourth-order valence-corrected chi connectivity index (χ4v) is 5.53. The Morgan fingerprint density at radius 2 is 1.61 bits per heavy atom. The number of amides is 2. The molecular weight excluding hydrogens is 506 g/mol. The number of nitrogens with one attached hydrogen (secondary N) is 1. The minimum atomic E-state index is -3.96. The van der Waals surface area contributed by atoms with Crippen molar-refractivity contribution >= 4 is 21.8 Å². The fourth-order valence-electron chi connectivity index (χ4n) is 3.91. The SMILES string of the molecule is COc1ccc(S(=O)(=O)N(CC(C)C)CC(O)C(Cc2ccccc2)NC(=O)C(C)C(C)(C)C(N)=O)cc1. The van der Waals surface area contributed by atoms with Crippen LogP contribution in [0.15, 0.2) is 59.5 Å². The van der Waals surface area contributed by atoms with Crippen molar-refractivity contribution in [1.82, 2.24) is 9.62 Å². The number of aliphatic hydroxyl groups is 1. The van der Waals surface area contributed by atoms with Gasteiger partial charge in [-0.15, -0.1) is 0 Å². The van der Waals surface area contributed by atoms with Crippen LogP contribution in [0.4, 0.5) is 0 Å². The predicted molar refractivity (Wildman–Crippen MR) is 147 cm³/mol. The van der Waals surface area contributed by atoms with Gasteiger partial charge < -0.3 is 20.9 Å². The van der Waals surface area contributed by atoms with E-state index in [-0.39, 0.29) is 30.3 Å². The molecule has 38 heavy (non-hydrogen) atoms. The van der Waals surface area contributed by atoms with Crippen LogP contribution in [-0.4, -0.2) is 62.0 Å². The average molecular weight is 548 g/mol. The summed E-state index contributed by atoms with van der Waals surface area (Å²) in [6.45, 7) is 8.49. The summed E-state index contributed by atoms with van der Waals surface area (Å²) < 4.78 is 33.5. The van der Waals surface area contributed by atoms with Gasteiger partial charge in [-0.2, -0.15) is 4.31 Å². The Morgan fingerprint density at radius 3 is 2.11 bits per heavy atom. The molecule has 4 N–H and O–H groups in total. The van der Waals surface area contributed by atoms with Crippen molar-refractivity contribution in [3.05, 3.63) is 60.2 Å². The summed E-state index contributed by atoms with van der Waals surface area (Å²) in [5.74, 6) is -1.34. The van der Waals surface area contributed by atoms with Crippen molar-refractivity contribution < 1.29 is 27.9 Å². The highest BCUT2D eigenvalue weighted by atomic mass is 32.2. The van der Waals surface area contributed by atoms with Crippen LogP contribution >= 0.6 is 0 Å². The van der Waals surface area contributed by atoms with E-state index in [2.05, 4.69) is 5.32 Å². The molecule has 2 aromatic carbocycles. The first-order chi connectivity index (χ1) is 17.7. The highest BCUT2D eigenvalue weighted by Gasteiger charge is 2.38. The molecule has 0 fully saturated rings. The van der Waals surface area contributed by atoms with E-state index < -0.39 is 45.3 Å². The second kappa shape index (κ2) is 13.2. The standard InChI is InChI=1S/C28H41N3O6S/c1-19(2)17-31(38(35,36)23-14-12-22(37-6)13-15-23)18-25(32)24(16-21-10-8-7-9-11-21)30-26(33)20(3)28(4,5)27(29)34/h7-15,19-20,24-25,32H,16-18H2,1-6H3,(H2,29,34)(H,30,33). The van der Waals surface area contributed by atoms with Gasteiger partial charge in [-0.1, -0.05) is 65.0 Å². The molecule has 0 saturated heterocycles. The Kier molecular flexibility index (Phi) is 10.9. The molecule has 210 valence electrons. The minimum absolute atomic E-state index is 0.0197.